The van der Waals surface area contributed by atoms with Crippen LogP contribution in [0.4, 0.5) is 0 Å². The lowest BCUT2D eigenvalue weighted by molar-refractivity contribution is 0.537. The second-order valence-electron chi connectivity index (χ2n) is 1.87. The first-order chi connectivity index (χ1) is 5.43. The van der Waals surface area contributed by atoms with Gasteiger partial charge in [-0.25, -0.2) is 12.6 Å². The van der Waals surface area contributed by atoms with Crippen molar-refractivity contribution in [3.8, 4) is 0 Å². The van der Waals surface area contributed by atoms with Crippen molar-refractivity contribution in [2.24, 2.45) is 0 Å². The summed E-state index contributed by atoms with van der Waals surface area (Å²) in [6.07, 6.45) is 0. The third kappa shape index (κ3) is 5.91. The molecule has 0 aliphatic heterocycles. The van der Waals surface area contributed by atoms with E-state index in [9.17, 15) is 12.6 Å². The Labute approximate surface area is 76.6 Å². The molecule has 0 spiro atoms. The highest BCUT2D eigenvalue weighted by Gasteiger charge is 2.20. The van der Waals surface area contributed by atoms with E-state index in [1.807, 2.05) is 0 Å². The molecule has 0 aliphatic carbocycles. The van der Waals surface area contributed by atoms with E-state index >= 15 is 0 Å². The lowest BCUT2D eigenvalue weighted by Crippen LogP contribution is -2.28. The van der Waals surface area contributed by atoms with Crippen molar-refractivity contribution in [1.29, 1.82) is 0 Å². The van der Waals surface area contributed by atoms with Gasteiger partial charge < -0.3 is 13.7 Å². The van der Waals surface area contributed by atoms with Crippen molar-refractivity contribution in [3.05, 3.63) is 0 Å². The molecule has 0 heterocycles. The number of rotatable bonds is 5. The molecule has 0 rings (SSSR count). The molecule has 0 saturated heterocycles. The second-order valence-corrected chi connectivity index (χ2v) is 5.05. The summed E-state index contributed by atoms with van der Waals surface area (Å²) >= 11 is -6.81. The van der Waals surface area contributed by atoms with Gasteiger partial charge in [-0.3, -0.25) is 0 Å². The van der Waals surface area contributed by atoms with Crippen LogP contribution in [0, 0.1) is 0 Å². The van der Waals surface area contributed by atoms with Crippen molar-refractivity contribution >= 4 is 33.2 Å². The number of hydrogen-bond donors (Lipinski definition) is 3. The van der Waals surface area contributed by atoms with Crippen molar-refractivity contribution < 1.29 is 26.3 Å². The smallest absolute Gasteiger partial charge is 0.158 e. The Balaban J connectivity index is 4.14. The third-order valence-electron chi connectivity index (χ3n) is 0.942. The summed E-state index contributed by atoms with van der Waals surface area (Å²) in [7, 11) is 0. The fourth-order valence-corrected chi connectivity index (χ4v) is 3.13. The first-order valence-electron chi connectivity index (χ1n) is 2.68. The zero-order valence-corrected chi connectivity index (χ0v) is 8.23. The van der Waals surface area contributed by atoms with Gasteiger partial charge in [-0.2, -0.15) is 0 Å². The van der Waals surface area contributed by atoms with Gasteiger partial charge in [-0.05, 0) is 0 Å². The molecule has 0 aromatic carbocycles. The van der Waals surface area contributed by atoms with Crippen LogP contribution in [0.3, 0.4) is 0 Å². The van der Waals surface area contributed by atoms with E-state index in [1.165, 1.54) is 0 Å². The predicted octanol–water partition coefficient (Wildman–Crippen LogP) is -0.980. The molecule has 6 nitrogen and oxygen atoms in total. The molecule has 3 unspecified atom stereocenters. The molecular formula is C3H8O6S3. The summed E-state index contributed by atoms with van der Waals surface area (Å²) in [6.45, 7) is 0. The zero-order chi connectivity index (χ0) is 9.72. The Bertz CT molecular complexity index is 198. The summed E-state index contributed by atoms with van der Waals surface area (Å²) in [6, 6.07) is 0. The largest absolute Gasteiger partial charge is 0.306 e. The zero-order valence-electron chi connectivity index (χ0n) is 5.78. The van der Waals surface area contributed by atoms with E-state index in [-0.39, 0.29) is 0 Å². The van der Waals surface area contributed by atoms with Gasteiger partial charge in [0.2, 0.25) is 0 Å². The molecule has 9 heteroatoms. The lowest BCUT2D eigenvalue weighted by atomic mass is 10.6. The Kier molecular flexibility index (Phi) is 6.05. The van der Waals surface area contributed by atoms with E-state index < -0.39 is 50.0 Å². The summed E-state index contributed by atoms with van der Waals surface area (Å²) < 4.78 is 55.9. The number of hydrogen-bond acceptors (Lipinski definition) is 3. The van der Waals surface area contributed by atoms with Gasteiger partial charge in [0.05, 0.1) is 16.8 Å². The Hall–Kier alpha value is 0.330. The maximum Gasteiger partial charge on any atom is 0.158 e. The van der Waals surface area contributed by atoms with Gasteiger partial charge in [0, 0.05) is 0 Å². The minimum Gasteiger partial charge on any atom is -0.306 e. The van der Waals surface area contributed by atoms with Gasteiger partial charge in [0.1, 0.15) is 0 Å². The van der Waals surface area contributed by atoms with E-state index in [1.54, 1.807) is 0 Å². The fraction of sp³-hybridized carbons (Fsp3) is 1.00. The van der Waals surface area contributed by atoms with Crippen LogP contribution in [0.2, 0.25) is 0 Å². The highest BCUT2D eigenvalue weighted by Crippen LogP contribution is 1.98. The normalized spacial score (nSPS) is 21.2. The molecule has 0 amide bonds. The van der Waals surface area contributed by atoms with Crippen molar-refractivity contribution in [2.75, 3.05) is 11.5 Å². The first-order valence-corrected chi connectivity index (χ1v) is 6.40. The average molecular weight is 236 g/mol. The van der Waals surface area contributed by atoms with Crippen LogP contribution in [0.25, 0.3) is 0 Å². The fourth-order valence-electron chi connectivity index (χ4n) is 0.483. The highest BCUT2D eigenvalue weighted by atomic mass is 32.2. The second kappa shape index (κ2) is 5.89. The van der Waals surface area contributed by atoms with Crippen LogP contribution in [0.15, 0.2) is 0 Å². The molecular weight excluding hydrogens is 228 g/mol. The molecule has 0 bridgehead atoms. The molecule has 0 radical (unpaired) electrons. The molecule has 3 N–H and O–H groups in total. The lowest BCUT2D eigenvalue weighted by Gasteiger charge is -2.06. The molecule has 0 saturated carbocycles. The standard InChI is InChI=1S/C3H8O6S3/c4-10(5)1-3(12(8)9)2-11(6)7/h3H,1-2H2,(H,4,5)(H,6,7)(H,8,9). The maximum atomic E-state index is 10.4. The van der Waals surface area contributed by atoms with E-state index in [0.717, 1.165) is 0 Å². The van der Waals surface area contributed by atoms with Crippen LogP contribution in [-0.2, 0) is 33.2 Å². The van der Waals surface area contributed by atoms with Crippen LogP contribution in [-0.4, -0.2) is 43.0 Å². The van der Waals surface area contributed by atoms with Crippen LogP contribution >= 0.6 is 0 Å². The topological polar surface area (TPSA) is 112 Å². The molecule has 12 heavy (non-hydrogen) atoms. The van der Waals surface area contributed by atoms with Crippen LogP contribution in [0.5, 0.6) is 0 Å². The summed E-state index contributed by atoms with van der Waals surface area (Å²) in [5.74, 6) is -0.954. The summed E-state index contributed by atoms with van der Waals surface area (Å²) in [5.41, 5.74) is 0. The van der Waals surface area contributed by atoms with Crippen LogP contribution in [0.1, 0.15) is 0 Å². The molecule has 0 aliphatic rings. The third-order valence-corrected chi connectivity index (χ3v) is 3.64. The summed E-state index contributed by atoms with van der Waals surface area (Å²) in [5, 5.41) is -1.14. The molecule has 3 atom stereocenters. The summed E-state index contributed by atoms with van der Waals surface area (Å²) in [4.78, 5) is 0. The predicted molar refractivity (Wildman–Crippen MR) is 45.8 cm³/mol. The van der Waals surface area contributed by atoms with E-state index in [2.05, 4.69) is 0 Å². The van der Waals surface area contributed by atoms with Gasteiger partial charge in [-0.1, -0.05) is 0 Å². The SMILES string of the molecule is O=S(O)CC(CS(=O)O)S(=O)O. The molecule has 74 valence electrons. The van der Waals surface area contributed by atoms with Gasteiger partial charge in [-0.15, -0.1) is 0 Å². The highest BCUT2D eigenvalue weighted by molar-refractivity contribution is 7.85. The van der Waals surface area contributed by atoms with E-state index in [0.29, 0.717) is 0 Å². The average Bonchev–Trinajstić information content (AvgIpc) is 1.83. The maximum absolute atomic E-state index is 10.4. The van der Waals surface area contributed by atoms with Gasteiger partial charge >= 0.3 is 0 Å². The molecule has 0 fully saturated rings. The van der Waals surface area contributed by atoms with Crippen molar-refractivity contribution in [3.63, 3.8) is 0 Å². The van der Waals surface area contributed by atoms with Crippen molar-refractivity contribution in [2.45, 2.75) is 5.25 Å². The molecule has 0 aromatic rings. The van der Waals surface area contributed by atoms with Gasteiger partial charge in [0.15, 0.2) is 33.2 Å². The Morgan fingerprint density at radius 1 is 0.917 bits per heavy atom. The quantitative estimate of drug-likeness (QED) is 0.529. The first kappa shape index (κ1) is 12.3. The van der Waals surface area contributed by atoms with Gasteiger partial charge in [0.25, 0.3) is 0 Å². The van der Waals surface area contributed by atoms with E-state index in [4.69, 9.17) is 13.7 Å². The minimum atomic E-state index is -2.35. The minimum absolute atomic E-state index is 0.477. The molecule has 0 aromatic heterocycles. The Morgan fingerprint density at radius 2 is 1.25 bits per heavy atom. The van der Waals surface area contributed by atoms with Crippen LogP contribution < -0.4 is 0 Å². The Morgan fingerprint density at radius 3 is 1.42 bits per heavy atom. The monoisotopic (exact) mass is 236 g/mol. The van der Waals surface area contributed by atoms with Crippen molar-refractivity contribution in [1.82, 2.24) is 0 Å².